The maximum atomic E-state index is 12.9. The second-order valence-electron chi connectivity index (χ2n) is 7.17. The monoisotopic (exact) mass is 437 g/mol. The Kier molecular flexibility index (Phi) is 6.78. The highest BCUT2D eigenvalue weighted by Crippen LogP contribution is 2.21. The number of furan rings is 1. The topological polar surface area (TPSA) is 103 Å². The highest BCUT2D eigenvalue weighted by molar-refractivity contribution is 7.92. The molecular formula is C23H23N3O4S. The molecule has 0 aliphatic rings. The van der Waals surface area contributed by atoms with Gasteiger partial charge in [-0.1, -0.05) is 12.1 Å². The number of nitrogens with one attached hydrogen (secondary N) is 1. The Labute approximate surface area is 182 Å². The smallest absolute Gasteiger partial charge is 0.262 e. The van der Waals surface area contributed by atoms with Gasteiger partial charge < -0.3 is 9.32 Å². The van der Waals surface area contributed by atoms with Crippen molar-refractivity contribution in [3.63, 3.8) is 0 Å². The number of hydrogen-bond donors (Lipinski definition) is 1. The van der Waals surface area contributed by atoms with Crippen molar-refractivity contribution in [3.05, 3.63) is 83.3 Å². The number of benzene rings is 2. The summed E-state index contributed by atoms with van der Waals surface area (Å²) >= 11 is 0. The molecule has 31 heavy (non-hydrogen) atoms. The third kappa shape index (κ3) is 5.53. The molecular weight excluding hydrogens is 414 g/mol. The van der Waals surface area contributed by atoms with Gasteiger partial charge in [0.05, 0.1) is 30.2 Å². The fourth-order valence-electron chi connectivity index (χ4n) is 3.10. The molecule has 1 aromatic heterocycles. The number of amides is 1. The van der Waals surface area contributed by atoms with Crippen LogP contribution in [0.4, 0.5) is 5.69 Å². The molecule has 7 nitrogen and oxygen atoms in total. The standard InChI is InChI=1S/C23H23N3O4S/c1-17-6-7-18(2)22(15-17)31(28,29)25-20-10-8-19(9-11-20)23(27)26(13-4-12-24)16-21-5-3-14-30-21/h3,5-11,14-15,25H,4,13,16H2,1-2H3. The Hall–Kier alpha value is -3.57. The van der Waals surface area contributed by atoms with Gasteiger partial charge >= 0.3 is 0 Å². The number of rotatable bonds is 8. The van der Waals surface area contributed by atoms with Crippen LogP contribution in [0.3, 0.4) is 0 Å². The third-order valence-corrected chi connectivity index (χ3v) is 6.25. The molecule has 1 N–H and O–H groups in total. The van der Waals surface area contributed by atoms with Crippen LogP contribution in [0.25, 0.3) is 0 Å². The zero-order valence-electron chi connectivity index (χ0n) is 17.3. The number of hydrogen-bond acceptors (Lipinski definition) is 5. The summed E-state index contributed by atoms with van der Waals surface area (Å²) in [6.07, 6.45) is 1.72. The SMILES string of the molecule is Cc1ccc(C)c(S(=O)(=O)Nc2ccc(C(=O)N(CCC#N)Cc3ccco3)cc2)c1. The molecule has 0 saturated carbocycles. The summed E-state index contributed by atoms with van der Waals surface area (Å²) in [5.41, 5.74) is 2.24. The summed E-state index contributed by atoms with van der Waals surface area (Å²) < 4.78 is 33.4. The van der Waals surface area contributed by atoms with Crippen molar-refractivity contribution in [2.24, 2.45) is 0 Å². The van der Waals surface area contributed by atoms with Crippen LogP contribution in [0.2, 0.25) is 0 Å². The van der Waals surface area contributed by atoms with Gasteiger partial charge in [-0.15, -0.1) is 0 Å². The lowest BCUT2D eigenvalue weighted by Crippen LogP contribution is -2.31. The summed E-state index contributed by atoms with van der Waals surface area (Å²) in [5.74, 6) is 0.347. The van der Waals surface area contributed by atoms with Gasteiger partial charge in [0.25, 0.3) is 15.9 Å². The van der Waals surface area contributed by atoms with Crippen molar-refractivity contribution in [1.29, 1.82) is 5.26 Å². The van der Waals surface area contributed by atoms with E-state index in [0.717, 1.165) is 5.56 Å². The Balaban J connectivity index is 1.77. The quantitative estimate of drug-likeness (QED) is 0.567. The molecule has 1 amide bonds. The second-order valence-corrected chi connectivity index (χ2v) is 8.82. The number of nitriles is 1. The van der Waals surface area contributed by atoms with Crippen molar-refractivity contribution < 1.29 is 17.6 Å². The van der Waals surface area contributed by atoms with Crippen LogP contribution in [0.5, 0.6) is 0 Å². The van der Waals surface area contributed by atoms with Crippen molar-refractivity contribution in [2.75, 3.05) is 11.3 Å². The van der Waals surface area contributed by atoms with Crippen LogP contribution in [0.15, 0.2) is 70.2 Å². The zero-order chi connectivity index (χ0) is 22.4. The van der Waals surface area contributed by atoms with Crippen LogP contribution >= 0.6 is 0 Å². The maximum absolute atomic E-state index is 12.9. The van der Waals surface area contributed by atoms with E-state index >= 15 is 0 Å². The van der Waals surface area contributed by atoms with Crippen molar-refractivity contribution in [1.82, 2.24) is 4.90 Å². The molecule has 2 aromatic carbocycles. The van der Waals surface area contributed by atoms with Crippen LogP contribution in [-0.4, -0.2) is 25.8 Å². The molecule has 0 spiro atoms. The third-order valence-electron chi connectivity index (χ3n) is 4.72. The summed E-state index contributed by atoms with van der Waals surface area (Å²) in [6, 6.07) is 17.0. The normalized spacial score (nSPS) is 11.0. The van der Waals surface area contributed by atoms with Gasteiger partial charge in [-0.3, -0.25) is 9.52 Å². The van der Waals surface area contributed by atoms with E-state index in [1.807, 2.05) is 19.1 Å². The number of carbonyl (C=O) groups excluding carboxylic acids is 1. The van der Waals surface area contributed by atoms with Gasteiger partial charge in [0, 0.05) is 17.8 Å². The Morgan fingerprint density at radius 2 is 1.87 bits per heavy atom. The minimum absolute atomic E-state index is 0.195. The molecule has 0 fully saturated rings. The van der Waals surface area contributed by atoms with Gasteiger partial charge in [0.2, 0.25) is 0 Å². The summed E-state index contributed by atoms with van der Waals surface area (Å²) in [6.45, 7) is 4.08. The van der Waals surface area contributed by atoms with Gasteiger partial charge in [0.1, 0.15) is 5.76 Å². The maximum Gasteiger partial charge on any atom is 0.262 e. The molecule has 160 valence electrons. The van der Waals surface area contributed by atoms with Gasteiger partial charge in [0.15, 0.2) is 0 Å². The Bertz CT molecular complexity index is 1190. The first-order valence-corrected chi connectivity index (χ1v) is 11.2. The van der Waals surface area contributed by atoms with Gasteiger partial charge in [-0.05, 0) is 67.4 Å². The van der Waals surface area contributed by atoms with Crippen LogP contribution in [-0.2, 0) is 16.6 Å². The molecule has 3 rings (SSSR count). The molecule has 1 heterocycles. The second kappa shape index (κ2) is 9.49. The van der Waals surface area contributed by atoms with E-state index in [1.165, 1.54) is 11.2 Å². The molecule has 0 saturated heterocycles. The number of carbonyl (C=O) groups is 1. The lowest BCUT2D eigenvalue weighted by atomic mass is 10.1. The van der Waals surface area contributed by atoms with E-state index in [-0.39, 0.29) is 30.3 Å². The van der Waals surface area contributed by atoms with Crippen LogP contribution in [0, 0.1) is 25.2 Å². The molecule has 0 atom stereocenters. The average molecular weight is 438 g/mol. The molecule has 0 bridgehead atoms. The van der Waals surface area contributed by atoms with Crippen LogP contribution in [0.1, 0.15) is 33.7 Å². The van der Waals surface area contributed by atoms with E-state index in [9.17, 15) is 13.2 Å². The van der Waals surface area contributed by atoms with E-state index in [4.69, 9.17) is 9.68 Å². The minimum atomic E-state index is -3.76. The number of anilines is 1. The first-order valence-electron chi connectivity index (χ1n) is 9.69. The fraction of sp³-hybridized carbons (Fsp3) is 0.217. The lowest BCUT2D eigenvalue weighted by molar-refractivity contribution is 0.0735. The highest BCUT2D eigenvalue weighted by Gasteiger charge is 2.19. The summed E-state index contributed by atoms with van der Waals surface area (Å²) in [4.78, 5) is 14.7. The molecule has 0 unspecified atom stereocenters. The minimum Gasteiger partial charge on any atom is -0.467 e. The van der Waals surface area contributed by atoms with Crippen molar-refractivity contribution in [2.45, 2.75) is 31.7 Å². The van der Waals surface area contributed by atoms with Gasteiger partial charge in [-0.2, -0.15) is 5.26 Å². The zero-order valence-corrected chi connectivity index (χ0v) is 18.1. The average Bonchev–Trinajstić information content (AvgIpc) is 3.26. The largest absolute Gasteiger partial charge is 0.467 e. The van der Waals surface area contributed by atoms with Crippen molar-refractivity contribution in [3.8, 4) is 6.07 Å². The summed E-state index contributed by atoms with van der Waals surface area (Å²) in [5, 5.41) is 8.89. The Morgan fingerprint density at radius 3 is 2.52 bits per heavy atom. The number of nitrogens with zero attached hydrogens (tertiary/aromatic N) is 2. The van der Waals surface area contributed by atoms with Crippen LogP contribution < -0.4 is 4.72 Å². The lowest BCUT2D eigenvalue weighted by Gasteiger charge is -2.20. The summed E-state index contributed by atoms with van der Waals surface area (Å²) in [7, 11) is -3.76. The molecule has 8 heteroatoms. The molecule has 0 radical (unpaired) electrons. The first-order chi connectivity index (χ1) is 14.8. The molecule has 3 aromatic rings. The fourth-order valence-corrected chi connectivity index (χ4v) is 4.49. The molecule has 0 aliphatic carbocycles. The predicted molar refractivity (Wildman–Crippen MR) is 117 cm³/mol. The number of aryl methyl sites for hydroxylation is 2. The van der Waals surface area contributed by atoms with E-state index < -0.39 is 10.0 Å². The number of sulfonamides is 1. The van der Waals surface area contributed by atoms with Crippen molar-refractivity contribution >= 4 is 21.6 Å². The molecule has 0 aliphatic heterocycles. The van der Waals surface area contributed by atoms with Gasteiger partial charge in [-0.25, -0.2) is 8.42 Å². The van der Waals surface area contributed by atoms with E-state index in [0.29, 0.717) is 22.6 Å². The Morgan fingerprint density at radius 1 is 1.13 bits per heavy atom. The van der Waals surface area contributed by atoms with E-state index in [2.05, 4.69) is 4.72 Å². The predicted octanol–water partition coefficient (Wildman–Crippen LogP) is 4.25. The highest BCUT2D eigenvalue weighted by atomic mass is 32.2. The first kappa shape index (κ1) is 22.1. The van der Waals surface area contributed by atoms with E-state index in [1.54, 1.807) is 55.5 Å².